The standard InChI is InChI=1S/C19H24N2O6/c1-6-7-8-27-18(22)15-11(2)20-19(23)21-16(15)12-9-13(24-3)17(26-5)14(10-12)25-4/h6-7,9-10,15-16H,8H2,1-5H3,(H,21,23)/b7-6+. The number of amides is 2. The highest BCUT2D eigenvalue weighted by Crippen LogP contribution is 2.41. The largest absolute Gasteiger partial charge is 0.493 e. The molecule has 146 valence electrons. The van der Waals surface area contributed by atoms with Crippen molar-refractivity contribution in [2.75, 3.05) is 27.9 Å². The third-order valence-corrected chi connectivity index (χ3v) is 4.20. The summed E-state index contributed by atoms with van der Waals surface area (Å²) in [6.45, 7) is 3.61. The van der Waals surface area contributed by atoms with Crippen LogP contribution in [0, 0.1) is 5.92 Å². The second-order valence-electron chi connectivity index (χ2n) is 5.82. The highest BCUT2D eigenvalue weighted by molar-refractivity contribution is 6.08. The molecule has 1 aromatic rings. The topological polar surface area (TPSA) is 95.5 Å². The van der Waals surface area contributed by atoms with Gasteiger partial charge in [0.1, 0.15) is 12.5 Å². The van der Waals surface area contributed by atoms with E-state index in [4.69, 9.17) is 18.9 Å². The maximum Gasteiger partial charge on any atom is 0.341 e. The van der Waals surface area contributed by atoms with E-state index >= 15 is 0 Å². The van der Waals surface area contributed by atoms with Gasteiger partial charge in [-0.3, -0.25) is 4.79 Å². The number of carbonyl (C=O) groups is 2. The van der Waals surface area contributed by atoms with Crippen molar-refractivity contribution in [3.8, 4) is 17.2 Å². The summed E-state index contributed by atoms with van der Waals surface area (Å²) in [6, 6.07) is 2.18. The van der Waals surface area contributed by atoms with Crippen LogP contribution in [0.2, 0.25) is 0 Å². The molecule has 27 heavy (non-hydrogen) atoms. The van der Waals surface area contributed by atoms with Crippen molar-refractivity contribution in [3.63, 3.8) is 0 Å². The van der Waals surface area contributed by atoms with Gasteiger partial charge in [-0.2, -0.15) is 0 Å². The van der Waals surface area contributed by atoms with E-state index in [1.54, 1.807) is 31.2 Å². The van der Waals surface area contributed by atoms with E-state index in [9.17, 15) is 9.59 Å². The predicted molar refractivity (Wildman–Crippen MR) is 99.7 cm³/mol. The van der Waals surface area contributed by atoms with Gasteiger partial charge in [0, 0.05) is 5.71 Å². The molecule has 1 heterocycles. The van der Waals surface area contributed by atoms with Crippen molar-refractivity contribution in [3.05, 3.63) is 29.8 Å². The van der Waals surface area contributed by atoms with Gasteiger partial charge in [-0.1, -0.05) is 12.2 Å². The second-order valence-corrected chi connectivity index (χ2v) is 5.82. The summed E-state index contributed by atoms with van der Waals surface area (Å²) in [5.41, 5.74) is 0.989. The Morgan fingerprint density at radius 2 is 1.81 bits per heavy atom. The molecule has 1 N–H and O–H groups in total. The third-order valence-electron chi connectivity index (χ3n) is 4.20. The molecule has 0 saturated heterocycles. The summed E-state index contributed by atoms with van der Waals surface area (Å²) in [5.74, 6) is 0.0111. The number of aliphatic imine (C=N–C) groups is 1. The molecule has 0 fully saturated rings. The van der Waals surface area contributed by atoms with Crippen molar-refractivity contribution < 1.29 is 28.5 Å². The Labute approximate surface area is 158 Å². The normalized spacial score (nSPS) is 19.3. The van der Waals surface area contributed by atoms with E-state index in [1.165, 1.54) is 21.3 Å². The Morgan fingerprint density at radius 3 is 2.33 bits per heavy atom. The number of ether oxygens (including phenoxy) is 4. The molecule has 8 nitrogen and oxygen atoms in total. The van der Waals surface area contributed by atoms with Crippen LogP contribution in [0.1, 0.15) is 25.5 Å². The molecule has 0 bridgehead atoms. The minimum atomic E-state index is -0.768. The molecular formula is C19H24N2O6. The zero-order valence-electron chi connectivity index (χ0n) is 16.1. The summed E-state index contributed by atoms with van der Waals surface area (Å²) in [6.07, 6.45) is 3.51. The number of carbonyl (C=O) groups excluding carboxylic acids is 2. The Balaban J connectivity index is 2.48. The number of esters is 1. The molecule has 2 rings (SSSR count). The molecule has 0 spiro atoms. The number of nitrogens with one attached hydrogen (secondary N) is 1. The summed E-state index contributed by atoms with van der Waals surface area (Å²) >= 11 is 0. The van der Waals surface area contributed by atoms with Crippen molar-refractivity contribution in [2.45, 2.75) is 19.9 Å². The van der Waals surface area contributed by atoms with Crippen LogP contribution < -0.4 is 19.5 Å². The van der Waals surface area contributed by atoms with Gasteiger partial charge in [0.2, 0.25) is 5.75 Å². The average molecular weight is 376 g/mol. The Hall–Kier alpha value is -3.03. The number of hydrogen-bond donors (Lipinski definition) is 1. The van der Waals surface area contributed by atoms with Crippen LogP contribution in [0.5, 0.6) is 17.2 Å². The molecular weight excluding hydrogens is 352 g/mol. The van der Waals surface area contributed by atoms with Crippen molar-refractivity contribution in [1.29, 1.82) is 0 Å². The van der Waals surface area contributed by atoms with Crippen molar-refractivity contribution in [2.24, 2.45) is 10.9 Å². The molecule has 2 atom stereocenters. The Kier molecular flexibility index (Phi) is 6.81. The summed E-state index contributed by atoms with van der Waals surface area (Å²) in [7, 11) is 4.49. The van der Waals surface area contributed by atoms with Crippen LogP contribution in [-0.4, -0.2) is 45.6 Å². The first-order valence-electron chi connectivity index (χ1n) is 8.40. The fourth-order valence-corrected chi connectivity index (χ4v) is 2.90. The summed E-state index contributed by atoms with van der Waals surface area (Å²) in [4.78, 5) is 28.5. The molecule has 1 aliphatic heterocycles. The van der Waals surface area contributed by atoms with Gasteiger partial charge in [0.25, 0.3) is 0 Å². The molecule has 2 unspecified atom stereocenters. The van der Waals surface area contributed by atoms with Crippen molar-refractivity contribution in [1.82, 2.24) is 5.32 Å². The Morgan fingerprint density at radius 1 is 1.19 bits per heavy atom. The maximum absolute atomic E-state index is 12.6. The number of methoxy groups -OCH3 is 3. The summed E-state index contributed by atoms with van der Waals surface area (Å²) < 4.78 is 21.3. The molecule has 0 aliphatic carbocycles. The fourth-order valence-electron chi connectivity index (χ4n) is 2.90. The molecule has 2 amide bonds. The zero-order chi connectivity index (χ0) is 20.0. The van der Waals surface area contributed by atoms with E-state index in [2.05, 4.69) is 10.3 Å². The molecule has 1 aromatic carbocycles. The van der Waals surface area contributed by atoms with Crippen molar-refractivity contribution >= 4 is 17.7 Å². The lowest BCUT2D eigenvalue weighted by Crippen LogP contribution is -2.44. The van der Waals surface area contributed by atoms with Crippen LogP contribution in [0.15, 0.2) is 29.3 Å². The minimum Gasteiger partial charge on any atom is -0.493 e. The molecule has 1 aliphatic rings. The van der Waals surface area contributed by atoms with E-state index in [1.807, 2.05) is 6.92 Å². The SMILES string of the molecule is C/C=C/COC(=O)C1C(C)=NC(=O)NC1c1cc(OC)c(OC)c(OC)c1. The third kappa shape index (κ3) is 4.39. The smallest absolute Gasteiger partial charge is 0.341 e. The molecule has 0 aromatic heterocycles. The maximum atomic E-state index is 12.6. The van der Waals surface area contributed by atoms with Crippen LogP contribution in [-0.2, 0) is 9.53 Å². The first kappa shape index (κ1) is 20.3. The van der Waals surface area contributed by atoms with Crippen LogP contribution >= 0.6 is 0 Å². The first-order valence-corrected chi connectivity index (χ1v) is 8.40. The summed E-state index contributed by atoms with van der Waals surface area (Å²) in [5, 5.41) is 2.73. The quantitative estimate of drug-likeness (QED) is 0.581. The van der Waals surface area contributed by atoms with E-state index in [0.717, 1.165) is 0 Å². The monoisotopic (exact) mass is 376 g/mol. The second kappa shape index (κ2) is 9.07. The van der Waals surface area contributed by atoms with Crippen LogP contribution in [0.3, 0.4) is 0 Å². The molecule has 0 radical (unpaired) electrons. The number of urea groups is 1. The van der Waals surface area contributed by atoms with Gasteiger partial charge in [0.15, 0.2) is 11.5 Å². The Bertz CT molecular complexity index is 746. The number of hydrogen-bond acceptors (Lipinski definition) is 6. The zero-order valence-corrected chi connectivity index (χ0v) is 16.1. The van der Waals surface area contributed by atoms with Crippen LogP contribution in [0.25, 0.3) is 0 Å². The first-order chi connectivity index (χ1) is 13.0. The van der Waals surface area contributed by atoms with E-state index < -0.39 is 24.0 Å². The lowest BCUT2D eigenvalue weighted by atomic mass is 9.88. The predicted octanol–water partition coefficient (Wildman–Crippen LogP) is 2.67. The highest BCUT2D eigenvalue weighted by atomic mass is 16.5. The van der Waals surface area contributed by atoms with Gasteiger partial charge in [-0.05, 0) is 31.5 Å². The highest BCUT2D eigenvalue weighted by Gasteiger charge is 2.38. The average Bonchev–Trinajstić information content (AvgIpc) is 2.66. The van der Waals surface area contributed by atoms with Gasteiger partial charge in [0.05, 0.1) is 27.4 Å². The van der Waals surface area contributed by atoms with Crippen LogP contribution in [0.4, 0.5) is 4.79 Å². The number of rotatable bonds is 7. The van der Waals surface area contributed by atoms with Gasteiger partial charge < -0.3 is 24.3 Å². The lowest BCUT2D eigenvalue weighted by Gasteiger charge is -2.30. The fraction of sp³-hybridized carbons (Fsp3) is 0.421. The lowest BCUT2D eigenvalue weighted by molar-refractivity contribution is -0.145. The number of benzene rings is 1. The number of nitrogens with zero attached hydrogens (tertiary/aromatic N) is 1. The molecule has 0 saturated carbocycles. The number of allylic oxidation sites excluding steroid dienone is 1. The minimum absolute atomic E-state index is 0.148. The molecule has 8 heteroatoms. The van der Waals surface area contributed by atoms with Gasteiger partial charge in [-0.15, -0.1) is 0 Å². The van der Waals surface area contributed by atoms with Gasteiger partial charge in [-0.25, -0.2) is 9.79 Å². The van der Waals surface area contributed by atoms with E-state index in [-0.39, 0.29) is 6.61 Å². The van der Waals surface area contributed by atoms with E-state index in [0.29, 0.717) is 28.5 Å². The van der Waals surface area contributed by atoms with Gasteiger partial charge >= 0.3 is 12.0 Å².